The molecule has 1 N–H and O–H groups in total. The number of halogens is 2. The third-order valence-electron chi connectivity index (χ3n) is 8.00. The lowest BCUT2D eigenvalue weighted by Crippen LogP contribution is -2.39. The molecule has 0 aliphatic carbocycles. The predicted molar refractivity (Wildman–Crippen MR) is 165 cm³/mol. The average molecular weight is 633 g/mol. The Morgan fingerprint density at radius 2 is 2.02 bits per heavy atom. The molecule has 0 spiro atoms. The molecule has 1 aliphatic heterocycles. The molecule has 1 saturated heterocycles. The summed E-state index contributed by atoms with van der Waals surface area (Å²) in [6, 6.07) is 8.92. The summed E-state index contributed by atoms with van der Waals surface area (Å²) in [7, 11) is 1.91. The topological polar surface area (TPSA) is 134 Å². The van der Waals surface area contributed by atoms with Crippen molar-refractivity contribution < 1.29 is 19.0 Å². The number of carbonyl (C=O) groups is 1. The maximum atomic E-state index is 16.1. The molecule has 44 heavy (non-hydrogen) atoms. The number of ether oxygens (including phenoxy) is 1. The summed E-state index contributed by atoms with van der Waals surface area (Å²) in [6.07, 6.45) is 3.26. The number of nitriles is 1. The van der Waals surface area contributed by atoms with Gasteiger partial charge in [-0.15, -0.1) is 11.3 Å². The number of thiophene rings is 1. The number of likely N-dealkylation sites (tertiary alicyclic amines) is 1. The monoisotopic (exact) mass is 632 g/mol. The number of fused-ring (bicyclic) bond motifs is 2. The van der Waals surface area contributed by atoms with Gasteiger partial charge in [-0.05, 0) is 51.1 Å². The van der Waals surface area contributed by atoms with Gasteiger partial charge in [0.05, 0.1) is 50.7 Å². The molecule has 224 valence electrons. The van der Waals surface area contributed by atoms with E-state index in [2.05, 4.69) is 15.0 Å². The van der Waals surface area contributed by atoms with Crippen molar-refractivity contribution in [3.05, 3.63) is 80.1 Å². The molecule has 13 heteroatoms. The van der Waals surface area contributed by atoms with Crippen LogP contribution in [0.4, 0.5) is 4.39 Å². The van der Waals surface area contributed by atoms with E-state index >= 15 is 4.39 Å². The van der Waals surface area contributed by atoms with Crippen LogP contribution in [0, 0.1) is 18.3 Å². The Morgan fingerprint density at radius 1 is 1.25 bits per heavy atom. The summed E-state index contributed by atoms with van der Waals surface area (Å²) < 4.78 is 24.3. The van der Waals surface area contributed by atoms with Gasteiger partial charge in [0, 0.05) is 40.8 Å². The van der Waals surface area contributed by atoms with E-state index < -0.39 is 17.2 Å². The third-order valence-corrected chi connectivity index (χ3v) is 9.23. The van der Waals surface area contributed by atoms with Crippen LogP contribution in [-0.2, 0) is 12.2 Å². The Morgan fingerprint density at radius 3 is 2.75 bits per heavy atom. The summed E-state index contributed by atoms with van der Waals surface area (Å²) in [5.41, 5.74) is -0.321. The summed E-state index contributed by atoms with van der Waals surface area (Å²) in [4.78, 5) is 40.5. The number of benzene rings is 1. The van der Waals surface area contributed by atoms with Crippen LogP contribution in [0.5, 0.6) is 5.75 Å². The summed E-state index contributed by atoms with van der Waals surface area (Å²) in [5.74, 6) is -0.202. The number of alkyl halides is 1. The molecular weight excluding hydrogens is 607 g/mol. The highest BCUT2D eigenvalue weighted by Crippen LogP contribution is 2.40. The first-order valence-corrected chi connectivity index (χ1v) is 15.1. The molecule has 10 nitrogen and oxygen atoms in total. The zero-order valence-electron chi connectivity index (χ0n) is 23.8. The highest BCUT2D eigenvalue weighted by atomic mass is 35.5. The standard InChI is InChI=1S/C31H26ClFN6O4S/c1-17-37-23-15-36-28(31(33)6-9-38(2)10-7-31)21(14-34)25(23)29(40)39(17)11-12-43-24-4-3-18(32)13-20(24)19-5-8-35-26-22(30(41)42)16-44-27(19)26/h3-5,8,13,15-16H,6-7,9-12H2,1-2H3,(H,41,42). The number of piperidine rings is 1. The van der Waals surface area contributed by atoms with Crippen molar-refractivity contribution in [2.45, 2.75) is 32.0 Å². The molecule has 4 aromatic heterocycles. The number of aromatic nitrogens is 4. The fraction of sp³-hybridized carbons (Fsp3) is 0.290. The van der Waals surface area contributed by atoms with Gasteiger partial charge in [-0.3, -0.25) is 19.3 Å². The van der Waals surface area contributed by atoms with E-state index in [9.17, 15) is 20.0 Å². The lowest BCUT2D eigenvalue weighted by atomic mass is 9.86. The molecule has 1 aromatic carbocycles. The number of carboxylic acid groups (broad SMARTS) is 1. The largest absolute Gasteiger partial charge is 0.491 e. The van der Waals surface area contributed by atoms with Crippen molar-refractivity contribution in [3.8, 4) is 22.9 Å². The van der Waals surface area contributed by atoms with Gasteiger partial charge in [-0.1, -0.05) is 11.6 Å². The molecule has 0 radical (unpaired) electrons. The number of aromatic carboxylic acids is 1. The van der Waals surface area contributed by atoms with Gasteiger partial charge in [-0.2, -0.15) is 5.26 Å². The second-order valence-corrected chi connectivity index (χ2v) is 12.0. The van der Waals surface area contributed by atoms with E-state index in [4.69, 9.17) is 16.3 Å². The number of carboxylic acids is 1. The number of nitrogens with zero attached hydrogens (tertiary/aromatic N) is 6. The van der Waals surface area contributed by atoms with Gasteiger partial charge in [0.15, 0.2) is 5.67 Å². The van der Waals surface area contributed by atoms with Crippen LogP contribution in [-0.4, -0.2) is 62.2 Å². The lowest BCUT2D eigenvalue weighted by Gasteiger charge is -2.34. The molecule has 0 bridgehead atoms. The van der Waals surface area contributed by atoms with Gasteiger partial charge in [0.2, 0.25) is 0 Å². The van der Waals surface area contributed by atoms with Crippen LogP contribution < -0.4 is 10.3 Å². The Bertz CT molecular complexity index is 2050. The van der Waals surface area contributed by atoms with Crippen molar-refractivity contribution in [1.29, 1.82) is 5.26 Å². The van der Waals surface area contributed by atoms with E-state index in [1.807, 2.05) is 18.0 Å². The maximum absolute atomic E-state index is 16.1. The van der Waals surface area contributed by atoms with Crippen LogP contribution >= 0.6 is 22.9 Å². The molecule has 5 aromatic rings. The van der Waals surface area contributed by atoms with E-state index in [0.29, 0.717) is 51.0 Å². The minimum Gasteiger partial charge on any atom is -0.491 e. The molecule has 5 heterocycles. The highest BCUT2D eigenvalue weighted by Gasteiger charge is 2.39. The second-order valence-electron chi connectivity index (χ2n) is 10.7. The zero-order valence-corrected chi connectivity index (χ0v) is 25.4. The van der Waals surface area contributed by atoms with Gasteiger partial charge in [0.25, 0.3) is 5.56 Å². The van der Waals surface area contributed by atoms with Gasteiger partial charge in [-0.25, -0.2) is 14.2 Å². The fourth-order valence-corrected chi connectivity index (χ4v) is 6.82. The Balaban J connectivity index is 1.33. The van der Waals surface area contributed by atoms with Crippen molar-refractivity contribution in [3.63, 3.8) is 0 Å². The van der Waals surface area contributed by atoms with Crippen molar-refractivity contribution >= 4 is 50.0 Å². The van der Waals surface area contributed by atoms with E-state index in [-0.39, 0.29) is 53.7 Å². The van der Waals surface area contributed by atoms with Crippen LogP contribution in [0.3, 0.4) is 0 Å². The molecule has 0 unspecified atom stereocenters. The SMILES string of the molecule is Cc1nc2cnc(C3(F)CCN(C)CC3)c(C#N)c2c(=O)n1CCOc1ccc(Cl)cc1-c1ccnc2c(C(=O)O)csc12. The minimum atomic E-state index is -1.81. The van der Waals surface area contributed by atoms with Crippen LogP contribution in [0.25, 0.3) is 32.2 Å². The van der Waals surface area contributed by atoms with Crippen molar-refractivity contribution in [1.82, 2.24) is 24.4 Å². The van der Waals surface area contributed by atoms with E-state index in [0.717, 1.165) is 0 Å². The number of pyridine rings is 2. The third kappa shape index (κ3) is 5.17. The predicted octanol–water partition coefficient (Wildman–Crippen LogP) is 5.57. The molecule has 0 atom stereocenters. The summed E-state index contributed by atoms with van der Waals surface area (Å²) >= 11 is 7.60. The number of hydrogen-bond acceptors (Lipinski definition) is 9. The molecule has 6 rings (SSSR count). The van der Waals surface area contributed by atoms with Gasteiger partial charge in [0.1, 0.15) is 24.3 Å². The second kappa shape index (κ2) is 11.6. The van der Waals surface area contributed by atoms with Crippen LogP contribution in [0.1, 0.15) is 40.3 Å². The first-order valence-electron chi connectivity index (χ1n) is 13.8. The summed E-state index contributed by atoms with van der Waals surface area (Å²) in [6.45, 7) is 2.85. The van der Waals surface area contributed by atoms with Crippen molar-refractivity contribution in [2.24, 2.45) is 0 Å². The first kappa shape index (κ1) is 29.6. The molecule has 0 amide bonds. The molecule has 0 saturated carbocycles. The normalized spacial score (nSPS) is 15.0. The minimum absolute atomic E-state index is 0.0137. The van der Waals surface area contributed by atoms with E-state index in [1.165, 1.54) is 28.3 Å². The fourth-order valence-electron chi connectivity index (χ4n) is 5.62. The first-order chi connectivity index (χ1) is 21.1. The van der Waals surface area contributed by atoms with Gasteiger partial charge < -0.3 is 14.7 Å². The highest BCUT2D eigenvalue weighted by molar-refractivity contribution is 7.18. The van der Waals surface area contributed by atoms with Gasteiger partial charge >= 0.3 is 5.97 Å². The Kier molecular flexibility index (Phi) is 7.79. The summed E-state index contributed by atoms with van der Waals surface area (Å²) in [5, 5.41) is 21.7. The van der Waals surface area contributed by atoms with Crippen LogP contribution in [0.2, 0.25) is 5.02 Å². The number of hydrogen-bond donors (Lipinski definition) is 1. The Hall–Kier alpha value is -4.44. The van der Waals surface area contributed by atoms with Crippen LogP contribution in [0.15, 0.2) is 46.8 Å². The molecule has 1 aliphatic rings. The number of aryl methyl sites for hydroxylation is 1. The quantitative estimate of drug-likeness (QED) is 0.244. The zero-order chi connectivity index (χ0) is 31.2. The van der Waals surface area contributed by atoms with E-state index in [1.54, 1.807) is 36.6 Å². The molecular formula is C31H26ClFN6O4S. The smallest absolute Gasteiger partial charge is 0.338 e. The maximum Gasteiger partial charge on any atom is 0.338 e. The van der Waals surface area contributed by atoms with Crippen molar-refractivity contribution in [2.75, 3.05) is 26.7 Å². The number of rotatable bonds is 7. The lowest BCUT2D eigenvalue weighted by molar-refractivity contribution is 0.0632. The average Bonchev–Trinajstić information content (AvgIpc) is 3.45. The Labute approximate surface area is 259 Å². The molecule has 1 fully saturated rings.